The topological polar surface area (TPSA) is 52.5 Å². The summed E-state index contributed by atoms with van der Waals surface area (Å²) >= 11 is 3.54. The maximum Gasteiger partial charge on any atom is 0.115 e. The molecule has 106 valence electrons. The van der Waals surface area contributed by atoms with Crippen molar-refractivity contribution in [2.24, 2.45) is 0 Å². The zero-order valence-electron chi connectivity index (χ0n) is 11.1. The molecule has 1 unspecified atom stereocenters. The molecule has 0 amide bonds. The van der Waals surface area contributed by atoms with Crippen LogP contribution < -0.4 is 5.32 Å². The summed E-state index contributed by atoms with van der Waals surface area (Å²) in [4.78, 5) is 0. The van der Waals surface area contributed by atoms with Crippen LogP contribution in [0, 0.1) is 0 Å². The van der Waals surface area contributed by atoms with Gasteiger partial charge in [0.2, 0.25) is 0 Å². The minimum Gasteiger partial charge on any atom is -0.508 e. The van der Waals surface area contributed by atoms with Gasteiger partial charge in [-0.25, -0.2) is 0 Å². The van der Waals surface area contributed by atoms with Crippen LogP contribution >= 0.6 is 15.9 Å². The van der Waals surface area contributed by atoms with Crippen LogP contribution in [0.5, 0.6) is 5.75 Å². The van der Waals surface area contributed by atoms with E-state index in [4.69, 9.17) is 0 Å². The van der Waals surface area contributed by atoms with Gasteiger partial charge in [-0.15, -0.1) is 0 Å². The van der Waals surface area contributed by atoms with Crippen LogP contribution in [-0.2, 0) is 6.54 Å². The molecular formula is C16H18BrNO2. The van der Waals surface area contributed by atoms with Crippen LogP contribution in [0.25, 0.3) is 0 Å². The number of phenolic OH excluding ortho intramolecular Hbond substituents is 1. The third-order valence-electron chi connectivity index (χ3n) is 3.16. The second-order valence-electron chi connectivity index (χ2n) is 4.64. The van der Waals surface area contributed by atoms with Crippen molar-refractivity contribution >= 4 is 15.9 Å². The molecule has 2 aromatic rings. The Kier molecular flexibility index (Phi) is 5.59. The molecule has 0 aromatic heterocycles. The van der Waals surface area contributed by atoms with E-state index in [1.165, 1.54) is 0 Å². The van der Waals surface area contributed by atoms with Gasteiger partial charge in [0.05, 0.1) is 0 Å². The monoisotopic (exact) mass is 335 g/mol. The fraction of sp³-hybridized carbons (Fsp3) is 0.250. The molecule has 0 aliphatic heterocycles. The van der Waals surface area contributed by atoms with Crippen LogP contribution in [-0.4, -0.2) is 16.8 Å². The van der Waals surface area contributed by atoms with Crippen LogP contribution in [0.2, 0.25) is 0 Å². The summed E-state index contributed by atoms with van der Waals surface area (Å²) in [5, 5.41) is 22.1. The predicted molar refractivity (Wildman–Crippen MR) is 83.5 cm³/mol. The van der Waals surface area contributed by atoms with Gasteiger partial charge >= 0.3 is 0 Å². The van der Waals surface area contributed by atoms with Gasteiger partial charge in [0, 0.05) is 23.7 Å². The molecule has 20 heavy (non-hydrogen) atoms. The fourth-order valence-corrected chi connectivity index (χ4v) is 2.72. The van der Waals surface area contributed by atoms with Gasteiger partial charge < -0.3 is 15.5 Å². The molecule has 0 radical (unpaired) electrons. The van der Waals surface area contributed by atoms with Crippen LogP contribution in [0.3, 0.4) is 0 Å². The van der Waals surface area contributed by atoms with Crippen molar-refractivity contribution in [2.75, 3.05) is 6.61 Å². The SMILES string of the molecule is OCCC(NCc1cccc(O)c1)c1ccccc1Br. The van der Waals surface area contributed by atoms with Gasteiger partial charge in [0.25, 0.3) is 0 Å². The number of rotatable bonds is 6. The lowest BCUT2D eigenvalue weighted by atomic mass is 10.0. The number of nitrogens with one attached hydrogen (secondary N) is 1. The average Bonchev–Trinajstić information content (AvgIpc) is 2.44. The first kappa shape index (κ1) is 15.0. The highest BCUT2D eigenvalue weighted by atomic mass is 79.9. The van der Waals surface area contributed by atoms with E-state index in [9.17, 15) is 10.2 Å². The summed E-state index contributed by atoms with van der Waals surface area (Å²) in [6, 6.07) is 15.2. The number of halogens is 1. The molecule has 0 fully saturated rings. The highest BCUT2D eigenvalue weighted by Crippen LogP contribution is 2.25. The zero-order chi connectivity index (χ0) is 14.4. The molecule has 0 spiro atoms. The Bertz CT molecular complexity index is 560. The first-order chi connectivity index (χ1) is 9.70. The average molecular weight is 336 g/mol. The first-order valence-corrected chi connectivity index (χ1v) is 7.36. The number of aliphatic hydroxyl groups excluding tert-OH is 1. The Morgan fingerprint density at radius 3 is 2.60 bits per heavy atom. The van der Waals surface area contributed by atoms with Crippen LogP contribution in [0.15, 0.2) is 53.0 Å². The normalized spacial score (nSPS) is 12.3. The highest BCUT2D eigenvalue weighted by Gasteiger charge is 2.13. The van der Waals surface area contributed by atoms with Gasteiger partial charge in [-0.2, -0.15) is 0 Å². The van der Waals surface area contributed by atoms with E-state index >= 15 is 0 Å². The smallest absolute Gasteiger partial charge is 0.115 e. The van der Waals surface area contributed by atoms with E-state index < -0.39 is 0 Å². The summed E-state index contributed by atoms with van der Waals surface area (Å²) in [6.45, 7) is 0.763. The number of benzene rings is 2. The maximum absolute atomic E-state index is 9.47. The van der Waals surface area contributed by atoms with Gasteiger partial charge in [0.1, 0.15) is 5.75 Å². The molecule has 3 nitrogen and oxygen atoms in total. The molecular weight excluding hydrogens is 318 g/mol. The minimum atomic E-state index is 0.0675. The Labute approximate surface area is 127 Å². The predicted octanol–water partition coefficient (Wildman–Crippen LogP) is 3.37. The summed E-state index contributed by atoms with van der Waals surface area (Å²) < 4.78 is 1.03. The summed E-state index contributed by atoms with van der Waals surface area (Å²) in [5.41, 5.74) is 2.14. The van der Waals surface area contributed by atoms with Crippen molar-refractivity contribution in [1.29, 1.82) is 0 Å². The zero-order valence-corrected chi connectivity index (χ0v) is 12.7. The second-order valence-corrected chi connectivity index (χ2v) is 5.49. The van der Waals surface area contributed by atoms with Gasteiger partial charge in [-0.1, -0.05) is 46.3 Å². The lowest BCUT2D eigenvalue weighted by Crippen LogP contribution is -2.22. The molecule has 0 aliphatic rings. The minimum absolute atomic E-state index is 0.0675. The van der Waals surface area contributed by atoms with E-state index in [1.54, 1.807) is 12.1 Å². The second kappa shape index (κ2) is 7.43. The molecule has 2 rings (SSSR count). The van der Waals surface area contributed by atoms with Gasteiger partial charge in [0.15, 0.2) is 0 Å². The third kappa shape index (κ3) is 4.07. The van der Waals surface area contributed by atoms with Crippen molar-refractivity contribution in [3.63, 3.8) is 0 Å². The van der Waals surface area contributed by atoms with E-state index in [1.807, 2.05) is 36.4 Å². The third-order valence-corrected chi connectivity index (χ3v) is 3.88. The molecule has 3 N–H and O–H groups in total. The van der Waals surface area contributed by atoms with Crippen molar-refractivity contribution in [3.05, 3.63) is 64.1 Å². The molecule has 2 aromatic carbocycles. The van der Waals surface area contributed by atoms with Gasteiger partial charge in [-0.05, 0) is 35.7 Å². The van der Waals surface area contributed by atoms with Crippen LogP contribution in [0.1, 0.15) is 23.6 Å². The van der Waals surface area contributed by atoms with Gasteiger partial charge in [-0.3, -0.25) is 0 Å². The molecule has 0 saturated carbocycles. The first-order valence-electron chi connectivity index (χ1n) is 6.57. The Hall–Kier alpha value is -1.36. The molecule has 0 saturated heterocycles. The lowest BCUT2D eigenvalue weighted by Gasteiger charge is -2.19. The Balaban J connectivity index is 2.08. The molecule has 0 heterocycles. The summed E-state index contributed by atoms with van der Waals surface area (Å²) in [7, 11) is 0. The van der Waals surface area contributed by atoms with E-state index in [2.05, 4.69) is 21.2 Å². The lowest BCUT2D eigenvalue weighted by molar-refractivity contribution is 0.265. The maximum atomic E-state index is 9.47. The quantitative estimate of drug-likeness (QED) is 0.758. The standard InChI is InChI=1S/C16H18BrNO2/c17-15-7-2-1-6-14(15)16(8-9-19)18-11-12-4-3-5-13(20)10-12/h1-7,10,16,18-20H,8-9,11H2. The van der Waals surface area contributed by atoms with E-state index in [0.29, 0.717) is 13.0 Å². The molecule has 1 atom stereocenters. The van der Waals surface area contributed by atoms with Crippen molar-refractivity contribution in [3.8, 4) is 5.75 Å². The molecule has 0 aliphatic carbocycles. The highest BCUT2D eigenvalue weighted by molar-refractivity contribution is 9.10. The summed E-state index contributed by atoms with van der Waals surface area (Å²) in [6.07, 6.45) is 0.640. The van der Waals surface area contributed by atoms with E-state index in [-0.39, 0.29) is 18.4 Å². The number of aliphatic hydroxyl groups is 1. The molecule has 0 bridgehead atoms. The number of hydrogen-bond donors (Lipinski definition) is 3. The van der Waals surface area contributed by atoms with Crippen molar-refractivity contribution in [1.82, 2.24) is 5.32 Å². The number of aromatic hydroxyl groups is 1. The van der Waals surface area contributed by atoms with Crippen molar-refractivity contribution in [2.45, 2.75) is 19.0 Å². The molecule has 4 heteroatoms. The number of hydrogen-bond acceptors (Lipinski definition) is 3. The largest absolute Gasteiger partial charge is 0.508 e. The van der Waals surface area contributed by atoms with Crippen molar-refractivity contribution < 1.29 is 10.2 Å². The number of phenols is 1. The Morgan fingerprint density at radius 2 is 1.90 bits per heavy atom. The van der Waals surface area contributed by atoms with E-state index in [0.717, 1.165) is 15.6 Å². The fourth-order valence-electron chi connectivity index (χ4n) is 2.16. The van der Waals surface area contributed by atoms with Crippen LogP contribution in [0.4, 0.5) is 0 Å². The summed E-state index contributed by atoms with van der Waals surface area (Å²) in [5.74, 6) is 0.267. The Morgan fingerprint density at radius 1 is 1.10 bits per heavy atom.